The molecular weight excluding hydrogens is 624 g/mol. The summed E-state index contributed by atoms with van der Waals surface area (Å²) in [5.41, 5.74) is -2.48. The summed E-state index contributed by atoms with van der Waals surface area (Å²) in [6.45, 7) is -2.50. The number of aliphatic hydroxyl groups is 12. The van der Waals surface area contributed by atoms with Gasteiger partial charge in [-0.15, -0.1) is 23.5 Å². The van der Waals surface area contributed by atoms with Gasteiger partial charge in [0.25, 0.3) is 0 Å². The van der Waals surface area contributed by atoms with E-state index in [0.29, 0.717) is 11.8 Å². The van der Waals surface area contributed by atoms with Crippen LogP contribution in [0.3, 0.4) is 0 Å². The Morgan fingerprint density at radius 2 is 1.16 bits per heavy atom. The zero-order chi connectivity index (χ0) is 31.6. The van der Waals surface area contributed by atoms with Gasteiger partial charge in [0.05, 0.1) is 56.6 Å². The second-order valence-corrected chi connectivity index (χ2v) is 13.6. The Labute approximate surface area is 254 Å². The molecule has 4 saturated heterocycles. The van der Waals surface area contributed by atoms with E-state index in [2.05, 4.69) is 0 Å². The van der Waals surface area contributed by atoms with Crippen LogP contribution in [0.5, 0.6) is 0 Å². The molecule has 0 spiro atoms. The summed E-state index contributed by atoms with van der Waals surface area (Å²) in [6.07, 6.45) is -20.3. The molecule has 17 nitrogen and oxygen atoms in total. The highest BCUT2D eigenvalue weighted by Crippen LogP contribution is 2.43. The van der Waals surface area contributed by atoms with E-state index >= 15 is 0 Å². The lowest BCUT2D eigenvalue weighted by molar-refractivity contribution is -0.337. The predicted octanol–water partition coefficient (Wildman–Crippen LogP) is -6.60. The Balaban J connectivity index is 1.50. The minimum absolute atomic E-state index is 0.0568. The summed E-state index contributed by atoms with van der Waals surface area (Å²) in [7, 11) is 0. The Bertz CT molecular complexity index is 863. The molecule has 0 unspecified atom stereocenters. The largest absolute Gasteiger partial charge is 0.394 e. The summed E-state index contributed by atoms with van der Waals surface area (Å²) in [4.78, 5) is 0. The van der Waals surface area contributed by atoms with Crippen molar-refractivity contribution in [1.82, 2.24) is 0 Å². The first-order valence-electron chi connectivity index (χ1n) is 13.9. The summed E-state index contributed by atoms with van der Waals surface area (Å²) in [6, 6.07) is 0. The molecule has 4 rings (SSSR count). The summed E-state index contributed by atoms with van der Waals surface area (Å²) in [5, 5.41) is 122. The van der Waals surface area contributed by atoms with Gasteiger partial charge in [0.2, 0.25) is 0 Å². The number of thioether (sulfide) groups is 2. The second kappa shape index (κ2) is 15.7. The normalized spacial score (nSPS) is 51.3. The van der Waals surface area contributed by atoms with Crippen LogP contribution in [0.2, 0.25) is 0 Å². The number of aliphatic hydroxyl groups excluding tert-OH is 12. The smallest absolute Gasteiger partial charge is 0.187 e. The van der Waals surface area contributed by atoms with Crippen molar-refractivity contribution < 1.29 is 85.0 Å². The molecular formula is C24H42O17S2. The Morgan fingerprint density at radius 1 is 0.581 bits per heavy atom. The zero-order valence-corrected chi connectivity index (χ0v) is 24.5. The number of hydrogen-bond acceptors (Lipinski definition) is 19. The highest BCUT2D eigenvalue weighted by molar-refractivity contribution is 8.01. The Kier molecular flexibility index (Phi) is 13.1. The van der Waals surface area contributed by atoms with Gasteiger partial charge >= 0.3 is 0 Å². The fourth-order valence-corrected chi connectivity index (χ4v) is 8.45. The van der Waals surface area contributed by atoms with Crippen LogP contribution in [0.15, 0.2) is 0 Å². The Hall–Kier alpha value is 0.0200. The first kappa shape index (κ1) is 35.9. The lowest BCUT2D eigenvalue weighted by Gasteiger charge is -2.48. The number of rotatable bonds is 10. The lowest BCUT2D eigenvalue weighted by atomic mass is 9.97. The maximum Gasteiger partial charge on any atom is 0.187 e. The maximum atomic E-state index is 11.3. The first-order valence-corrected chi connectivity index (χ1v) is 15.8. The van der Waals surface area contributed by atoms with Crippen molar-refractivity contribution in [3.05, 3.63) is 0 Å². The average Bonchev–Trinajstić information content (AvgIpc) is 3.00. The molecule has 12 N–H and O–H groups in total. The van der Waals surface area contributed by atoms with Crippen molar-refractivity contribution >= 4 is 23.5 Å². The third-order valence-corrected chi connectivity index (χ3v) is 11.1. The SMILES string of the molecule is OC[C@@H]1C[C@H](S[C@@H]2O[C@H](CO)[C@@H](O)[C@H](S[C@@H]3O[C@H](CO)[C@@H](O)[C@H](O[C@@H]4O[C@H](CO)[C@@H](O)[C@H](O)[C@H]4O)[C@H]3O)[C@H]2O)[C@@H](O)CO1. The van der Waals surface area contributed by atoms with Crippen molar-refractivity contribution in [1.29, 1.82) is 0 Å². The van der Waals surface area contributed by atoms with Gasteiger partial charge in [0, 0.05) is 5.25 Å². The van der Waals surface area contributed by atoms with E-state index in [1.54, 1.807) is 0 Å². The van der Waals surface area contributed by atoms with Crippen LogP contribution in [0.4, 0.5) is 0 Å². The van der Waals surface area contributed by atoms with E-state index in [-0.39, 0.29) is 19.6 Å². The lowest BCUT2D eigenvalue weighted by Crippen LogP contribution is -2.65. The van der Waals surface area contributed by atoms with Crippen LogP contribution in [-0.2, 0) is 23.7 Å². The molecule has 43 heavy (non-hydrogen) atoms. The number of hydrogen-bond donors (Lipinski definition) is 12. The number of ether oxygens (including phenoxy) is 5. The standard InChI is InChI=1S/C24H42O17S2/c25-2-7-1-12(8(29)6-37-7)42-24-19(36)21(15(32)11(5-28)40-24)43-23-18(35)20(14(31)10(4-27)39-23)41-22-17(34)16(33)13(30)9(3-26)38-22/h7-36H,1-6H2/t7-,8-,9+,10+,11+,12-,13+,14+,15+,16-,17+,18+,19+,20-,21-,22-,23-,24-/m0/s1. The van der Waals surface area contributed by atoms with Crippen LogP contribution in [-0.4, -0.2) is 201 Å². The molecule has 0 saturated carbocycles. The van der Waals surface area contributed by atoms with Crippen molar-refractivity contribution in [2.75, 3.05) is 33.0 Å². The van der Waals surface area contributed by atoms with E-state index in [1.165, 1.54) is 0 Å². The fraction of sp³-hybridized carbons (Fsp3) is 1.00. The van der Waals surface area contributed by atoms with E-state index in [4.69, 9.17) is 23.7 Å². The van der Waals surface area contributed by atoms with Gasteiger partial charge in [0.15, 0.2) is 6.29 Å². The molecule has 0 aliphatic carbocycles. The predicted molar refractivity (Wildman–Crippen MR) is 144 cm³/mol. The molecule has 4 aliphatic rings. The first-order chi connectivity index (χ1) is 20.4. The highest BCUT2D eigenvalue weighted by Gasteiger charge is 2.54. The molecule has 4 fully saturated rings. The molecule has 0 amide bonds. The molecule has 4 aliphatic heterocycles. The zero-order valence-electron chi connectivity index (χ0n) is 22.9. The van der Waals surface area contributed by atoms with Crippen molar-refractivity contribution in [3.8, 4) is 0 Å². The van der Waals surface area contributed by atoms with Gasteiger partial charge < -0.3 is 85.0 Å². The topological polar surface area (TPSA) is 289 Å². The van der Waals surface area contributed by atoms with Crippen LogP contribution in [0, 0.1) is 0 Å². The average molecular weight is 667 g/mol. The fourth-order valence-electron chi connectivity index (χ4n) is 5.41. The minimum Gasteiger partial charge on any atom is -0.394 e. The van der Waals surface area contributed by atoms with Gasteiger partial charge in [-0.3, -0.25) is 0 Å². The molecule has 0 bridgehead atoms. The molecule has 0 radical (unpaired) electrons. The van der Waals surface area contributed by atoms with Gasteiger partial charge in [0.1, 0.15) is 71.9 Å². The molecule has 252 valence electrons. The Morgan fingerprint density at radius 3 is 1.77 bits per heavy atom. The summed E-state index contributed by atoms with van der Waals surface area (Å²) < 4.78 is 27.7. The monoisotopic (exact) mass is 666 g/mol. The minimum atomic E-state index is -1.85. The second-order valence-electron chi connectivity index (χ2n) is 10.9. The van der Waals surface area contributed by atoms with Crippen LogP contribution >= 0.6 is 23.5 Å². The van der Waals surface area contributed by atoms with Crippen molar-refractivity contribution in [2.45, 2.75) is 113 Å². The third-order valence-electron chi connectivity index (χ3n) is 8.01. The molecule has 19 heteroatoms. The summed E-state index contributed by atoms with van der Waals surface area (Å²) in [5.74, 6) is 0. The van der Waals surface area contributed by atoms with Gasteiger partial charge in [-0.05, 0) is 6.42 Å². The van der Waals surface area contributed by atoms with Crippen LogP contribution in [0.1, 0.15) is 6.42 Å². The van der Waals surface area contributed by atoms with Crippen molar-refractivity contribution in [3.63, 3.8) is 0 Å². The molecule has 0 aromatic heterocycles. The molecule has 18 atom stereocenters. The maximum absolute atomic E-state index is 11.3. The molecule has 4 heterocycles. The van der Waals surface area contributed by atoms with Gasteiger partial charge in [-0.2, -0.15) is 0 Å². The van der Waals surface area contributed by atoms with E-state index in [1.807, 2.05) is 0 Å². The molecule has 0 aromatic rings. The van der Waals surface area contributed by atoms with E-state index in [0.717, 1.165) is 11.8 Å². The van der Waals surface area contributed by atoms with Crippen LogP contribution < -0.4 is 0 Å². The highest BCUT2D eigenvalue weighted by atomic mass is 32.2. The van der Waals surface area contributed by atoms with E-state index < -0.39 is 127 Å². The quantitative estimate of drug-likeness (QED) is 0.103. The van der Waals surface area contributed by atoms with Gasteiger partial charge in [-0.1, -0.05) is 0 Å². The van der Waals surface area contributed by atoms with Crippen molar-refractivity contribution in [2.24, 2.45) is 0 Å². The van der Waals surface area contributed by atoms with Gasteiger partial charge in [-0.25, -0.2) is 0 Å². The van der Waals surface area contributed by atoms with E-state index in [9.17, 15) is 61.3 Å². The molecule has 0 aromatic carbocycles. The summed E-state index contributed by atoms with van der Waals surface area (Å²) >= 11 is 1.74. The van der Waals surface area contributed by atoms with Crippen LogP contribution in [0.25, 0.3) is 0 Å². The third kappa shape index (κ3) is 7.78.